The molecule has 0 radical (unpaired) electrons. The van der Waals surface area contributed by atoms with Gasteiger partial charge in [0.25, 0.3) is 0 Å². The van der Waals surface area contributed by atoms with Crippen molar-refractivity contribution in [2.24, 2.45) is 0 Å². The van der Waals surface area contributed by atoms with Gasteiger partial charge in [-0.05, 0) is 43.5 Å². The number of hydrogen-bond donors (Lipinski definition) is 0. The zero-order chi connectivity index (χ0) is 21.5. The Hall–Kier alpha value is -2.07. The van der Waals surface area contributed by atoms with E-state index in [4.69, 9.17) is 9.47 Å². The van der Waals surface area contributed by atoms with Crippen LogP contribution in [-0.2, 0) is 19.5 Å². The zero-order valence-corrected chi connectivity index (χ0v) is 18.6. The summed E-state index contributed by atoms with van der Waals surface area (Å²) in [7, 11) is -3.48. The normalized spacial score (nSPS) is 21.8. The lowest BCUT2D eigenvalue weighted by molar-refractivity contribution is -0.169. The minimum Gasteiger partial charge on any atom is -0.355 e. The maximum Gasteiger partial charge on any atom is 0.243 e. The summed E-state index contributed by atoms with van der Waals surface area (Å²) in [4.78, 5) is 2.54. The predicted molar refractivity (Wildman–Crippen MR) is 116 cm³/mol. The van der Waals surface area contributed by atoms with E-state index in [1.165, 1.54) is 0 Å². The van der Waals surface area contributed by atoms with Gasteiger partial charge in [-0.3, -0.25) is 0 Å². The first-order valence-electron chi connectivity index (χ1n) is 10.9. The van der Waals surface area contributed by atoms with Crippen LogP contribution in [0.5, 0.6) is 0 Å². The minimum absolute atomic E-state index is 0.357. The number of ether oxygens (including phenoxy) is 2. The molecule has 1 aromatic carbocycles. The average molecular weight is 445 g/mol. The van der Waals surface area contributed by atoms with Gasteiger partial charge in [-0.15, -0.1) is 10.2 Å². The van der Waals surface area contributed by atoms with E-state index >= 15 is 0 Å². The highest BCUT2D eigenvalue weighted by Gasteiger charge is 2.40. The lowest BCUT2D eigenvalue weighted by Gasteiger charge is -2.37. The first-order chi connectivity index (χ1) is 15.0. The van der Waals surface area contributed by atoms with Crippen molar-refractivity contribution < 1.29 is 17.9 Å². The van der Waals surface area contributed by atoms with Gasteiger partial charge in [0.15, 0.2) is 11.6 Å². The summed E-state index contributed by atoms with van der Waals surface area (Å²) in [6.07, 6.45) is 3.46. The van der Waals surface area contributed by atoms with Crippen molar-refractivity contribution in [3.63, 3.8) is 0 Å². The highest BCUT2D eigenvalue weighted by Crippen LogP contribution is 2.33. The van der Waals surface area contributed by atoms with Crippen LogP contribution in [0, 0.1) is 6.92 Å². The van der Waals surface area contributed by atoms with Gasteiger partial charge in [-0.2, -0.15) is 4.31 Å². The van der Waals surface area contributed by atoms with Crippen LogP contribution in [0.15, 0.2) is 35.2 Å². The van der Waals surface area contributed by atoms with Crippen molar-refractivity contribution in [2.75, 3.05) is 44.3 Å². The molecule has 0 N–H and O–H groups in total. The third-order valence-corrected chi connectivity index (χ3v) is 8.52. The smallest absolute Gasteiger partial charge is 0.243 e. The molecule has 2 aromatic rings. The molecule has 3 saturated heterocycles. The molecule has 0 amide bonds. The van der Waals surface area contributed by atoms with Crippen molar-refractivity contribution >= 4 is 15.8 Å². The quantitative estimate of drug-likeness (QED) is 0.717. The molecule has 166 valence electrons. The van der Waals surface area contributed by atoms with E-state index in [-0.39, 0.29) is 0 Å². The van der Waals surface area contributed by atoms with Gasteiger partial charge in [0.1, 0.15) is 0 Å². The molecule has 9 heteroatoms. The lowest BCUT2D eigenvalue weighted by atomic mass is 10.0. The number of hydrogen-bond acceptors (Lipinski definition) is 7. The molecule has 31 heavy (non-hydrogen) atoms. The first kappa shape index (κ1) is 20.8. The molecule has 4 heterocycles. The Kier molecular flexibility index (Phi) is 5.45. The van der Waals surface area contributed by atoms with Crippen LogP contribution in [0.2, 0.25) is 0 Å². The Balaban J connectivity index is 1.34. The molecule has 1 spiro atoms. The van der Waals surface area contributed by atoms with E-state index < -0.39 is 15.8 Å². The topological polar surface area (TPSA) is 84.9 Å². The fraction of sp³-hybridized carbons (Fsp3) is 0.545. The van der Waals surface area contributed by atoms with Crippen LogP contribution >= 0.6 is 0 Å². The lowest BCUT2D eigenvalue weighted by Crippen LogP contribution is -2.45. The number of anilines is 1. The van der Waals surface area contributed by atoms with Crippen LogP contribution in [0.1, 0.15) is 31.2 Å². The number of rotatable bonds is 4. The molecule has 0 atom stereocenters. The van der Waals surface area contributed by atoms with E-state index in [1.807, 2.05) is 31.2 Å². The zero-order valence-electron chi connectivity index (χ0n) is 17.8. The van der Waals surface area contributed by atoms with Crippen LogP contribution in [0.3, 0.4) is 0 Å². The number of benzene rings is 1. The Bertz CT molecular complexity index is 1040. The van der Waals surface area contributed by atoms with Crippen molar-refractivity contribution in [1.82, 2.24) is 14.5 Å². The molecule has 5 rings (SSSR count). The van der Waals surface area contributed by atoms with Gasteiger partial charge >= 0.3 is 0 Å². The molecule has 8 nitrogen and oxygen atoms in total. The summed E-state index contributed by atoms with van der Waals surface area (Å²) >= 11 is 0. The van der Waals surface area contributed by atoms with Crippen molar-refractivity contribution in [3.8, 4) is 11.3 Å². The highest BCUT2D eigenvalue weighted by atomic mass is 32.2. The first-order valence-corrected chi connectivity index (χ1v) is 12.4. The van der Waals surface area contributed by atoms with Crippen molar-refractivity contribution in [2.45, 2.75) is 43.3 Å². The molecule has 0 unspecified atom stereocenters. The van der Waals surface area contributed by atoms with Crippen molar-refractivity contribution in [1.29, 1.82) is 0 Å². The third-order valence-electron chi connectivity index (χ3n) is 6.48. The molecule has 0 bridgehead atoms. The molecule has 0 saturated carbocycles. The van der Waals surface area contributed by atoms with Gasteiger partial charge < -0.3 is 14.4 Å². The van der Waals surface area contributed by atoms with Gasteiger partial charge in [0.05, 0.1) is 23.8 Å². The second-order valence-corrected chi connectivity index (χ2v) is 10.4. The second kappa shape index (κ2) is 8.12. The standard InChI is InChI=1S/C22H28N4O4S/c1-17-4-5-18(16-20(17)31(27,28)26-10-2-3-11-26)19-6-7-21(24-23-19)25-12-8-22(9-13-25)29-14-15-30-22/h4-7,16H,2-3,8-15H2,1H3. The minimum atomic E-state index is -3.48. The van der Waals surface area contributed by atoms with Crippen LogP contribution in [0.25, 0.3) is 11.3 Å². The molecule has 0 aliphatic carbocycles. The number of sulfonamides is 1. The second-order valence-electron chi connectivity index (χ2n) is 8.46. The number of nitrogens with zero attached hydrogens (tertiary/aromatic N) is 4. The maximum atomic E-state index is 13.1. The van der Waals surface area contributed by atoms with E-state index in [0.29, 0.717) is 36.9 Å². The molecular formula is C22H28N4O4S. The number of piperidine rings is 1. The Morgan fingerprint density at radius 2 is 1.65 bits per heavy atom. The van der Waals surface area contributed by atoms with E-state index in [2.05, 4.69) is 15.1 Å². The third kappa shape index (κ3) is 3.95. The molecular weight excluding hydrogens is 416 g/mol. The summed E-state index contributed by atoms with van der Waals surface area (Å²) in [5, 5.41) is 8.82. The summed E-state index contributed by atoms with van der Waals surface area (Å²) in [5.74, 6) is 0.400. The Morgan fingerprint density at radius 1 is 0.935 bits per heavy atom. The number of aromatic nitrogens is 2. The Labute approximate surface area is 183 Å². The average Bonchev–Trinajstić information content (AvgIpc) is 3.48. The summed E-state index contributed by atoms with van der Waals surface area (Å²) in [5.41, 5.74) is 2.17. The summed E-state index contributed by atoms with van der Waals surface area (Å²) < 4.78 is 39.3. The molecule has 3 fully saturated rings. The van der Waals surface area contributed by atoms with Gasteiger partial charge in [0, 0.05) is 44.6 Å². The molecule has 3 aliphatic rings. The van der Waals surface area contributed by atoms with Gasteiger partial charge in [-0.1, -0.05) is 12.1 Å². The fourth-order valence-electron chi connectivity index (χ4n) is 4.61. The van der Waals surface area contributed by atoms with E-state index in [0.717, 1.165) is 55.7 Å². The van der Waals surface area contributed by atoms with Crippen LogP contribution in [0.4, 0.5) is 5.82 Å². The summed E-state index contributed by atoms with van der Waals surface area (Å²) in [6, 6.07) is 9.34. The predicted octanol–water partition coefficient (Wildman–Crippen LogP) is 2.58. The maximum absolute atomic E-state index is 13.1. The highest BCUT2D eigenvalue weighted by molar-refractivity contribution is 7.89. The van der Waals surface area contributed by atoms with E-state index in [1.54, 1.807) is 10.4 Å². The summed E-state index contributed by atoms with van der Waals surface area (Å²) in [6.45, 7) is 5.96. The van der Waals surface area contributed by atoms with Gasteiger partial charge in [0.2, 0.25) is 10.0 Å². The number of aryl methyl sites for hydroxylation is 1. The van der Waals surface area contributed by atoms with E-state index in [9.17, 15) is 8.42 Å². The van der Waals surface area contributed by atoms with Crippen LogP contribution < -0.4 is 4.90 Å². The van der Waals surface area contributed by atoms with Crippen LogP contribution in [-0.4, -0.2) is 68.1 Å². The molecule has 1 aromatic heterocycles. The fourth-order valence-corrected chi connectivity index (χ4v) is 6.38. The Morgan fingerprint density at radius 3 is 2.29 bits per heavy atom. The monoisotopic (exact) mass is 444 g/mol. The largest absolute Gasteiger partial charge is 0.355 e. The SMILES string of the molecule is Cc1ccc(-c2ccc(N3CCC4(CC3)OCCO4)nn2)cc1S(=O)(=O)N1CCCC1. The molecule has 3 aliphatic heterocycles. The van der Waals surface area contributed by atoms with Crippen molar-refractivity contribution in [3.05, 3.63) is 35.9 Å². The van der Waals surface area contributed by atoms with Gasteiger partial charge in [-0.25, -0.2) is 8.42 Å².